The van der Waals surface area contributed by atoms with Gasteiger partial charge in [0.1, 0.15) is 0 Å². The first kappa shape index (κ1) is 15.4. The molecule has 0 radical (unpaired) electrons. The van der Waals surface area contributed by atoms with Crippen molar-refractivity contribution in [2.24, 2.45) is 0 Å². The number of benzene rings is 1. The molecule has 0 saturated carbocycles. The maximum atomic E-state index is 12.1. The smallest absolute Gasteiger partial charge is 0.236 e. The van der Waals surface area contributed by atoms with E-state index in [9.17, 15) is 4.79 Å². The summed E-state index contributed by atoms with van der Waals surface area (Å²) >= 11 is 0. The number of pyridine rings is 1. The molecule has 112 valence electrons. The van der Waals surface area contributed by atoms with Crippen molar-refractivity contribution in [1.82, 2.24) is 14.8 Å². The van der Waals surface area contributed by atoms with E-state index in [1.807, 2.05) is 49.0 Å². The Balaban J connectivity index is 2.08. The SMILES string of the molecule is CCN(CC)C(=O)CN(C)Cc1cccc2cccnc12. The van der Waals surface area contributed by atoms with Crippen molar-refractivity contribution < 1.29 is 4.79 Å². The second-order valence-electron chi connectivity index (χ2n) is 5.23. The highest BCUT2D eigenvalue weighted by molar-refractivity contribution is 5.81. The molecule has 0 N–H and O–H groups in total. The van der Waals surface area contributed by atoms with Crippen LogP contribution in [0.2, 0.25) is 0 Å². The lowest BCUT2D eigenvalue weighted by Crippen LogP contribution is -2.38. The van der Waals surface area contributed by atoms with Crippen LogP contribution in [0.4, 0.5) is 0 Å². The van der Waals surface area contributed by atoms with Gasteiger partial charge in [-0.3, -0.25) is 14.7 Å². The fourth-order valence-corrected chi connectivity index (χ4v) is 2.55. The first-order valence-corrected chi connectivity index (χ1v) is 7.44. The Labute approximate surface area is 126 Å². The molecule has 0 aliphatic carbocycles. The standard InChI is InChI=1S/C17H23N3O/c1-4-20(5-2)16(21)13-19(3)12-15-9-6-8-14-10-7-11-18-17(14)15/h6-11H,4-5,12-13H2,1-3H3. The van der Waals surface area contributed by atoms with Gasteiger partial charge < -0.3 is 4.90 Å². The molecule has 4 nitrogen and oxygen atoms in total. The van der Waals surface area contributed by atoms with E-state index < -0.39 is 0 Å². The first-order valence-electron chi connectivity index (χ1n) is 7.44. The number of carbonyl (C=O) groups excluding carboxylic acids is 1. The number of hydrogen-bond donors (Lipinski definition) is 0. The van der Waals surface area contributed by atoms with E-state index >= 15 is 0 Å². The minimum absolute atomic E-state index is 0.177. The maximum absolute atomic E-state index is 12.1. The molecule has 0 atom stereocenters. The molecule has 1 aromatic heterocycles. The predicted octanol–water partition coefficient (Wildman–Crippen LogP) is 2.54. The zero-order valence-electron chi connectivity index (χ0n) is 13.0. The molecule has 0 aliphatic heterocycles. The van der Waals surface area contributed by atoms with Gasteiger partial charge in [-0.2, -0.15) is 0 Å². The van der Waals surface area contributed by atoms with Crippen LogP contribution < -0.4 is 0 Å². The van der Waals surface area contributed by atoms with Crippen molar-refractivity contribution in [2.75, 3.05) is 26.7 Å². The normalized spacial score (nSPS) is 11.0. The van der Waals surface area contributed by atoms with Gasteiger partial charge in [0.25, 0.3) is 0 Å². The van der Waals surface area contributed by atoms with Crippen LogP contribution in [0.3, 0.4) is 0 Å². The van der Waals surface area contributed by atoms with E-state index in [1.54, 1.807) is 0 Å². The van der Waals surface area contributed by atoms with Crippen molar-refractivity contribution >= 4 is 16.8 Å². The molecule has 2 rings (SSSR count). The van der Waals surface area contributed by atoms with Gasteiger partial charge in [-0.1, -0.05) is 24.3 Å². The van der Waals surface area contributed by atoms with E-state index in [4.69, 9.17) is 0 Å². The molecule has 0 bridgehead atoms. The summed E-state index contributed by atoms with van der Waals surface area (Å²) in [5.41, 5.74) is 2.17. The van der Waals surface area contributed by atoms with E-state index in [2.05, 4.69) is 23.2 Å². The van der Waals surface area contributed by atoms with E-state index in [0.29, 0.717) is 6.54 Å². The average molecular weight is 285 g/mol. The van der Waals surface area contributed by atoms with Gasteiger partial charge in [0, 0.05) is 31.2 Å². The van der Waals surface area contributed by atoms with Crippen molar-refractivity contribution in [3.63, 3.8) is 0 Å². The van der Waals surface area contributed by atoms with E-state index in [-0.39, 0.29) is 5.91 Å². The number of aromatic nitrogens is 1. The van der Waals surface area contributed by atoms with Crippen molar-refractivity contribution in [1.29, 1.82) is 0 Å². The molecule has 2 aromatic rings. The van der Waals surface area contributed by atoms with Crippen LogP contribution in [0.25, 0.3) is 10.9 Å². The molecule has 0 spiro atoms. The number of hydrogen-bond acceptors (Lipinski definition) is 3. The number of rotatable bonds is 6. The highest BCUT2D eigenvalue weighted by atomic mass is 16.2. The highest BCUT2D eigenvalue weighted by Gasteiger charge is 2.13. The summed E-state index contributed by atoms with van der Waals surface area (Å²) in [5.74, 6) is 0.177. The zero-order valence-corrected chi connectivity index (χ0v) is 13.0. The third-order valence-corrected chi connectivity index (χ3v) is 3.68. The van der Waals surface area contributed by atoms with Crippen molar-refractivity contribution in [2.45, 2.75) is 20.4 Å². The molecule has 1 amide bonds. The Kier molecular flexibility index (Phi) is 5.28. The topological polar surface area (TPSA) is 36.4 Å². The number of carbonyl (C=O) groups is 1. The van der Waals surface area contributed by atoms with Gasteiger partial charge in [0.05, 0.1) is 12.1 Å². The van der Waals surface area contributed by atoms with E-state index in [0.717, 1.165) is 36.1 Å². The lowest BCUT2D eigenvalue weighted by atomic mass is 10.1. The van der Waals surface area contributed by atoms with E-state index in [1.165, 1.54) is 0 Å². The predicted molar refractivity (Wildman–Crippen MR) is 86.0 cm³/mol. The number of para-hydroxylation sites is 1. The summed E-state index contributed by atoms with van der Waals surface area (Å²) in [4.78, 5) is 20.5. The fourth-order valence-electron chi connectivity index (χ4n) is 2.55. The number of amides is 1. The van der Waals surface area contributed by atoms with Crippen LogP contribution in [0.1, 0.15) is 19.4 Å². The van der Waals surface area contributed by atoms with Crippen LogP contribution in [0, 0.1) is 0 Å². The Morgan fingerprint density at radius 3 is 2.57 bits per heavy atom. The second kappa shape index (κ2) is 7.18. The Morgan fingerprint density at radius 2 is 1.86 bits per heavy atom. The Hall–Kier alpha value is -1.94. The summed E-state index contributed by atoms with van der Waals surface area (Å²) in [5, 5.41) is 1.14. The third-order valence-electron chi connectivity index (χ3n) is 3.68. The monoisotopic (exact) mass is 285 g/mol. The van der Waals surface area contributed by atoms with Crippen LogP contribution in [0.15, 0.2) is 36.5 Å². The second-order valence-corrected chi connectivity index (χ2v) is 5.23. The summed E-state index contributed by atoms with van der Waals surface area (Å²) in [6, 6.07) is 10.2. The lowest BCUT2D eigenvalue weighted by Gasteiger charge is -2.23. The number of likely N-dealkylation sites (N-methyl/N-ethyl adjacent to an activating group) is 2. The minimum Gasteiger partial charge on any atom is -0.342 e. The van der Waals surface area contributed by atoms with Crippen LogP contribution in [-0.4, -0.2) is 47.4 Å². The molecular formula is C17H23N3O. The number of nitrogens with zero attached hydrogens (tertiary/aromatic N) is 3. The van der Waals surface area contributed by atoms with Crippen molar-refractivity contribution in [3.8, 4) is 0 Å². The largest absolute Gasteiger partial charge is 0.342 e. The minimum atomic E-state index is 0.177. The van der Waals surface area contributed by atoms with Gasteiger partial charge in [0.2, 0.25) is 5.91 Å². The quantitative estimate of drug-likeness (QED) is 0.818. The molecule has 1 aromatic carbocycles. The van der Waals surface area contributed by atoms with Gasteiger partial charge in [-0.25, -0.2) is 0 Å². The summed E-state index contributed by atoms with van der Waals surface area (Å²) in [6.07, 6.45) is 1.81. The third kappa shape index (κ3) is 3.79. The average Bonchev–Trinajstić information content (AvgIpc) is 2.48. The van der Waals surface area contributed by atoms with Crippen LogP contribution >= 0.6 is 0 Å². The molecular weight excluding hydrogens is 262 g/mol. The highest BCUT2D eigenvalue weighted by Crippen LogP contribution is 2.17. The Morgan fingerprint density at radius 1 is 1.14 bits per heavy atom. The van der Waals surface area contributed by atoms with Gasteiger partial charge in [0.15, 0.2) is 0 Å². The zero-order chi connectivity index (χ0) is 15.2. The van der Waals surface area contributed by atoms with Gasteiger partial charge in [-0.05, 0) is 32.5 Å². The van der Waals surface area contributed by atoms with Crippen LogP contribution in [0.5, 0.6) is 0 Å². The molecule has 0 fully saturated rings. The first-order chi connectivity index (χ1) is 10.2. The van der Waals surface area contributed by atoms with Gasteiger partial charge in [-0.15, -0.1) is 0 Å². The number of fused-ring (bicyclic) bond motifs is 1. The molecule has 4 heteroatoms. The summed E-state index contributed by atoms with van der Waals surface area (Å²) < 4.78 is 0. The summed E-state index contributed by atoms with van der Waals surface area (Å²) in [6.45, 7) is 6.70. The van der Waals surface area contributed by atoms with Crippen molar-refractivity contribution in [3.05, 3.63) is 42.1 Å². The molecule has 0 aliphatic rings. The Bertz CT molecular complexity index is 603. The fraction of sp³-hybridized carbons (Fsp3) is 0.412. The van der Waals surface area contributed by atoms with Gasteiger partial charge >= 0.3 is 0 Å². The molecule has 1 heterocycles. The lowest BCUT2D eigenvalue weighted by molar-refractivity contribution is -0.131. The molecule has 0 unspecified atom stereocenters. The maximum Gasteiger partial charge on any atom is 0.236 e. The molecule has 0 saturated heterocycles. The molecule has 21 heavy (non-hydrogen) atoms. The van der Waals surface area contributed by atoms with Crippen LogP contribution in [-0.2, 0) is 11.3 Å². The summed E-state index contributed by atoms with van der Waals surface area (Å²) in [7, 11) is 1.98.